The van der Waals surface area contributed by atoms with Crippen molar-refractivity contribution in [1.29, 1.82) is 0 Å². The minimum Gasteiger partial charge on any atom is -0.309 e. The van der Waals surface area contributed by atoms with Gasteiger partial charge in [-0.3, -0.25) is 9.89 Å². The van der Waals surface area contributed by atoms with Crippen molar-refractivity contribution in [1.82, 2.24) is 15.1 Å². The second-order valence-corrected chi connectivity index (χ2v) is 6.94. The maximum absolute atomic E-state index is 12.2. The molecule has 5 heteroatoms. The van der Waals surface area contributed by atoms with Crippen LogP contribution in [0.15, 0.2) is 24.3 Å². The van der Waals surface area contributed by atoms with E-state index in [1.807, 2.05) is 19.1 Å². The maximum atomic E-state index is 12.2. The molecule has 1 fully saturated rings. The van der Waals surface area contributed by atoms with Crippen LogP contribution in [0.2, 0.25) is 0 Å². The Bertz CT molecular complexity index is 716. The van der Waals surface area contributed by atoms with Gasteiger partial charge in [0, 0.05) is 17.5 Å². The molecule has 1 aliphatic heterocycles. The van der Waals surface area contributed by atoms with Crippen LogP contribution >= 0.6 is 0 Å². The lowest BCUT2D eigenvalue weighted by atomic mass is 10.0. The van der Waals surface area contributed by atoms with E-state index in [4.69, 9.17) is 0 Å². The fraction of sp³-hybridized carbons (Fsp3) is 0.500. The number of anilines is 1. The van der Waals surface area contributed by atoms with E-state index in [0.29, 0.717) is 12.2 Å². The fourth-order valence-electron chi connectivity index (χ4n) is 3.48. The van der Waals surface area contributed by atoms with Crippen molar-refractivity contribution in [3.63, 3.8) is 0 Å². The number of nitrogens with zero attached hydrogens (tertiary/aromatic N) is 2. The summed E-state index contributed by atoms with van der Waals surface area (Å²) < 4.78 is 0. The topological polar surface area (TPSA) is 61.0 Å². The third kappa shape index (κ3) is 4.48. The van der Waals surface area contributed by atoms with Crippen LogP contribution in [0, 0.1) is 13.8 Å². The van der Waals surface area contributed by atoms with Gasteiger partial charge in [0.2, 0.25) is 5.91 Å². The number of piperidine rings is 1. The largest absolute Gasteiger partial charge is 0.309 e. The van der Waals surface area contributed by atoms with Gasteiger partial charge in [-0.05, 0) is 58.3 Å². The van der Waals surface area contributed by atoms with Crippen molar-refractivity contribution in [2.24, 2.45) is 0 Å². The number of benzene rings is 1. The Morgan fingerprint density at radius 3 is 2.72 bits per heavy atom. The first-order chi connectivity index (χ1) is 12.1. The van der Waals surface area contributed by atoms with Crippen LogP contribution in [0.5, 0.6) is 0 Å². The number of rotatable bonds is 6. The normalized spacial score (nSPS) is 15.3. The highest BCUT2D eigenvalue weighted by molar-refractivity contribution is 5.91. The van der Waals surface area contributed by atoms with E-state index in [-0.39, 0.29) is 5.91 Å². The lowest BCUT2D eigenvalue weighted by Crippen LogP contribution is -2.31. The molecule has 134 valence electrons. The van der Waals surface area contributed by atoms with Crippen LogP contribution in [-0.4, -0.2) is 40.6 Å². The average Bonchev–Trinajstić information content (AvgIpc) is 2.97. The van der Waals surface area contributed by atoms with Crippen LogP contribution < -0.4 is 5.32 Å². The molecular weight excluding hydrogens is 312 g/mol. The molecule has 1 amide bonds. The van der Waals surface area contributed by atoms with Crippen LogP contribution in [0.1, 0.15) is 43.2 Å². The van der Waals surface area contributed by atoms with E-state index in [1.165, 1.54) is 37.9 Å². The number of hydrogen-bond acceptors (Lipinski definition) is 3. The molecule has 25 heavy (non-hydrogen) atoms. The molecule has 0 aliphatic carbocycles. The highest BCUT2D eigenvalue weighted by Crippen LogP contribution is 2.28. The Hall–Kier alpha value is -2.14. The first-order valence-electron chi connectivity index (χ1n) is 9.28. The minimum atomic E-state index is 0.0444. The second kappa shape index (κ2) is 8.30. The zero-order chi connectivity index (χ0) is 17.6. The van der Waals surface area contributed by atoms with Gasteiger partial charge in [0.15, 0.2) is 5.82 Å². The second-order valence-electron chi connectivity index (χ2n) is 6.94. The molecule has 0 saturated carbocycles. The van der Waals surface area contributed by atoms with Gasteiger partial charge in [-0.1, -0.05) is 30.7 Å². The monoisotopic (exact) mass is 340 g/mol. The molecule has 2 N–H and O–H groups in total. The zero-order valence-corrected chi connectivity index (χ0v) is 15.3. The number of amides is 1. The highest BCUT2D eigenvalue weighted by Gasteiger charge is 2.15. The smallest absolute Gasteiger partial charge is 0.225 e. The number of carbonyl (C=O) groups excluding carboxylic acids is 1. The van der Waals surface area contributed by atoms with Crippen LogP contribution in [-0.2, 0) is 4.79 Å². The van der Waals surface area contributed by atoms with E-state index >= 15 is 0 Å². The third-order valence-corrected chi connectivity index (χ3v) is 5.01. The number of carbonyl (C=O) groups is 1. The number of aromatic nitrogens is 2. The predicted octanol–water partition coefficient (Wildman–Crippen LogP) is 3.90. The molecule has 1 aromatic heterocycles. The Kier molecular flexibility index (Phi) is 5.87. The van der Waals surface area contributed by atoms with Crippen molar-refractivity contribution in [2.75, 3.05) is 25.0 Å². The summed E-state index contributed by atoms with van der Waals surface area (Å²) in [6.07, 6.45) is 5.38. The summed E-state index contributed by atoms with van der Waals surface area (Å²) in [7, 11) is 0. The van der Waals surface area contributed by atoms with Gasteiger partial charge >= 0.3 is 0 Å². The fourth-order valence-corrected chi connectivity index (χ4v) is 3.48. The quantitative estimate of drug-likeness (QED) is 0.838. The lowest BCUT2D eigenvalue weighted by molar-refractivity contribution is -0.116. The highest BCUT2D eigenvalue weighted by atomic mass is 16.1. The first kappa shape index (κ1) is 17.7. The van der Waals surface area contributed by atoms with Gasteiger partial charge in [-0.15, -0.1) is 0 Å². The average molecular weight is 340 g/mol. The Morgan fingerprint density at radius 1 is 1.20 bits per heavy atom. The number of aryl methyl sites for hydroxylation is 1. The Labute approximate surface area is 149 Å². The predicted molar refractivity (Wildman–Crippen MR) is 102 cm³/mol. The van der Waals surface area contributed by atoms with Gasteiger partial charge in [-0.25, -0.2) is 0 Å². The molecular formula is C20H28N4O. The van der Waals surface area contributed by atoms with E-state index in [9.17, 15) is 4.79 Å². The number of likely N-dealkylation sites (tertiary alicyclic amines) is 1. The van der Waals surface area contributed by atoms with E-state index < -0.39 is 0 Å². The molecule has 0 radical (unpaired) electrons. The van der Waals surface area contributed by atoms with Crippen molar-refractivity contribution in [3.05, 3.63) is 35.4 Å². The number of aromatic amines is 1. The van der Waals surface area contributed by atoms with Crippen LogP contribution in [0.3, 0.4) is 0 Å². The summed E-state index contributed by atoms with van der Waals surface area (Å²) in [6.45, 7) is 7.45. The van der Waals surface area contributed by atoms with Gasteiger partial charge in [0.1, 0.15) is 0 Å². The lowest BCUT2D eigenvalue weighted by Gasteiger charge is -2.26. The number of H-pyrrole nitrogens is 1. The molecule has 2 heterocycles. The Balaban J connectivity index is 1.54. The van der Waals surface area contributed by atoms with E-state index in [1.54, 1.807) is 0 Å². The summed E-state index contributed by atoms with van der Waals surface area (Å²) in [4.78, 5) is 14.7. The molecule has 0 unspecified atom stereocenters. The molecule has 2 aromatic rings. The molecule has 0 spiro atoms. The molecule has 0 bridgehead atoms. The molecule has 1 aliphatic rings. The van der Waals surface area contributed by atoms with Crippen molar-refractivity contribution in [3.8, 4) is 11.3 Å². The van der Waals surface area contributed by atoms with Crippen LogP contribution in [0.25, 0.3) is 11.3 Å². The first-order valence-corrected chi connectivity index (χ1v) is 9.28. The third-order valence-electron chi connectivity index (χ3n) is 5.01. The van der Waals surface area contributed by atoms with E-state index in [0.717, 1.165) is 29.8 Å². The van der Waals surface area contributed by atoms with Crippen molar-refractivity contribution >= 4 is 11.7 Å². The molecule has 1 saturated heterocycles. The molecule has 1 aromatic carbocycles. The number of nitrogens with one attached hydrogen (secondary N) is 2. The summed E-state index contributed by atoms with van der Waals surface area (Å²) >= 11 is 0. The number of hydrogen-bond donors (Lipinski definition) is 2. The van der Waals surface area contributed by atoms with Gasteiger partial charge in [0.25, 0.3) is 0 Å². The maximum Gasteiger partial charge on any atom is 0.225 e. The van der Waals surface area contributed by atoms with Gasteiger partial charge < -0.3 is 10.2 Å². The summed E-state index contributed by atoms with van der Waals surface area (Å²) in [5.74, 6) is 0.684. The van der Waals surface area contributed by atoms with Gasteiger partial charge in [0.05, 0.1) is 5.69 Å². The summed E-state index contributed by atoms with van der Waals surface area (Å²) in [6, 6.07) is 8.19. The minimum absolute atomic E-state index is 0.0444. The van der Waals surface area contributed by atoms with Crippen molar-refractivity contribution in [2.45, 2.75) is 46.0 Å². The summed E-state index contributed by atoms with van der Waals surface area (Å²) in [5.41, 5.74) is 4.27. The zero-order valence-electron chi connectivity index (χ0n) is 15.3. The Morgan fingerprint density at radius 2 is 1.96 bits per heavy atom. The summed E-state index contributed by atoms with van der Waals surface area (Å²) in [5, 5.41) is 10.3. The van der Waals surface area contributed by atoms with Crippen molar-refractivity contribution < 1.29 is 4.79 Å². The molecule has 0 atom stereocenters. The molecule has 5 nitrogen and oxygen atoms in total. The molecule has 3 rings (SSSR count). The van der Waals surface area contributed by atoms with E-state index in [2.05, 4.69) is 39.5 Å². The standard InChI is InChI=1S/C20H28N4O/c1-15-9-4-5-10-17(15)19-16(2)20(23-22-19)21-18(25)11-8-14-24-12-6-3-7-13-24/h4-5,9-10H,3,6-8,11-14H2,1-2H3,(H2,21,22,23,25). The van der Waals surface area contributed by atoms with Crippen LogP contribution in [0.4, 0.5) is 5.82 Å². The SMILES string of the molecule is Cc1ccccc1-c1[nH]nc(NC(=O)CCCN2CCCCC2)c1C. The van der Waals surface area contributed by atoms with Gasteiger partial charge in [-0.2, -0.15) is 5.10 Å².